The lowest BCUT2D eigenvalue weighted by Crippen LogP contribution is -2.57. The molecule has 5 aliphatic heterocycles. The second-order valence-electron chi connectivity index (χ2n) is 14.6. The minimum Gasteiger partial charge on any atom is -0.461 e. The van der Waals surface area contributed by atoms with Gasteiger partial charge in [0.1, 0.15) is 35.6 Å². The third-order valence-electron chi connectivity index (χ3n) is 11.3. The van der Waals surface area contributed by atoms with Crippen molar-refractivity contribution in [3.05, 3.63) is 35.7 Å². The SMILES string of the molecule is C[C@@]12CCCN(C1)c1nc(OC[C@@]34CCCN3C[C@H](F)C4)nc3c(F)c(ncc13)-c1c(c(F)cc3[nH]ncc13)[C@H]1C[C@H]1CCOC(=O)N2. The number of hydrogen-bond donors (Lipinski definition) is 2. The van der Waals surface area contributed by atoms with Crippen LogP contribution in [0.3, 0.4) is 0 Å². The molecule has 3 saturated heterocycles. The van der Waals surface area contributed by atoms with Gasteiger partial charge in [0.15, 0.2) is 5.82 Å². The van der Waals surface area contributed by atoms with Crippen LogP contribution in [0.25, 0.3) is 33.1 Å². The fourth-order valence-corrected chi connectivity index (χ4v) is 8.87. The topological polar surface area (TPSA) is 121 Å². The molecule has 4 aromatic rings. The van der Waals surface area contributed by atoms with Crippen molar-refractivity contribution in [3.8, 4) is 17.3 Å². The van der Waals surface area contributed by atoms with E-state index in [0.29, 0.717) is 78.6 Å². The van der Waals surface area contributed by atoms with Crippen molar-refractivity contribution in [1.82, 2.24) is 35.4 Å². The number of carbonyl (C=O) groups is 1. The summed E-state index contributed by atoms with van der Waals surface area (Å²) in [6.07, 6.45) is 6.45. The number of H-pyrrole nitrogens is 1. The first-order valence-corrected chi connectivity index (χ1v) is 16.9. The summed E-state index contributed by atoms with van der Waals surface area (Å²) in [5.41, 5.74) is 0.00528. The molecule has 48 heavy (non-hydrogen) atoms. The fourth-order valence-electron chi connectivity index (χ4n) is 8.87. The average Bonchev–Trinajstić information content (AvgIpc) is 3.31. The Hall–Kier alpha value is -4.20. The molecule has 1 amide bonds. The molecule has 252 valence electrons. The number of alkyl carbamates (subject to hydrolysis) is 1. The molecule has 8 heterocycles. The van der Waals surface area contributed by atoms with E-state index in [1.807, 2.05) is 11.8 Å². The molecule has 1 aliphatic carbocycles. The van der Waals surface area contributed by atoms with E-state index in [4.69, 9.17) is 14.5 Å². The van der Waals surface area contributed by atoms with Crippen LogP contribution in [0.1, 0.15) is 63.4 Å². The van der Waals surface area contributed by atoms with E-state index in [1.54, 1.807) is 12.4 Å². The molecule has 1 saturated carbocycles. The molecule has 11 nitrogen and oxygen atoms in total. The van der Waals surface area contributed by atoms with Gasteiger partial charge in [-0.15, -0.1) is 0 Å². The minimum absolute atomic E-state index is 0.00117. The van der Waals surface area contributed by atoms with Gasteiger partial charge in [0.2, 0.25) is 0 Å². The Bertz CT molecular complexity index is 1960. The van der Waals surface area contributed by atoms with Crippen LogP contribution in [-0.2, 0) is 4.74 Å². The molecular formula is C34H37F3N8O3. The van der Waals surface area contributed by atoms with Crippen LogP contribution in [0.15, 0.2) is 18.5 Å². The second-order valence-corrected chi connectivity index (χ2v) is 14.6. The number of anilines is 1. The Labute approximate surface area is 274 Å². The Kier molecular flexibility index (Phi) is 6.80. The third-order valence-corrected chi connectivity index (χ3v) is 11.3. The highest BCUT2D eigenvalue weighted by Crippen LogP contribution is 2.54. The summed E-state index contributed by atoms with van der Waals surface area (Å²) >= 11 is 0. The first-order chi connectivity index (χ1) is 23.2. The van der Waals surface area contributed by atoms with Gasteiger partial charge in [-0.1, -0.05) is 0 Å². The molecule has 0 spiro atoms. The van der Waals surface area contributed by atoms with Crippen molar-refractivity contribution in [2.24, 2.45) is 5.92 Å². The normalized spacial score (nSPS) is 30.2. The number of hydrogen-bond acceptors (Lipinski definition) is 9. The van der Waals surface area contributed by atoms with E-state index in [-0.39, 0.29) is 42.3 Å². The van der Waals surface area contributed by atoms with Gasteiger partial charge in [-0.3, -0.25) is 15.0 Å². The van der Waals surface area contributed by atoms with Crippen LogP contribution < -0.4 is 15.0 Å². The summed E-state index contributed by atoms with van der Waals surface area (Å²) in [6.45, 7) is 4.47. The summed E-state index contributed by atoms with van der Waals surface area (Å²) < 4.78 is 59.5. The number of alkyl halides is 1. The smallest absolute Gasteiger partial charge is 0.407 e. The lowest BCUT2D eigenvalue weighted by atomic mass is 9.91. The number of halogens is 3. The van der Waals surface area contributed by atoms with Gasteiger partial charge < -0.3 is 19.7 Å². The first-order valence-electron chi connectivity index (χ1n) is 16.9. The summed E-state index contributed by atoms with van der Waals surface area (Å²) in [5.74, 6) is -0.919. The monoisotopic (exact) mass is 662 g/mol. The van der Waals surface area contributed by atoms with Crippen molar-refractivity contribution < 1.29 is 27.4 Å². The molecular weight excluding hydrogens is 625 g/mol. The molecule has 14 heteroatoms. The number of rotatable bonds is 3. The van der Waals surface area contributed by atoms with E-state index in [9.17, 15) is 9.18 Å². The van der Waals surface area contributed by atoms with E-state index < -0.39 is 35.0 Å². The highest BCUT2D eigenvalue weighted by atomic mass is 19.1. The van der Waals surface area contributed by atoms with E-state index in [1.165, 1.54) is 6.07 Å². The molecule has 6 bridgehead atoms. The number of pyridine rings is 1. The molecule has 2 N–H and O–H groups in total. The lowest BCUT2D eigenvalue weighted by molar-refractivity contribution is 0.107. The minimum atomic E-state index is -0.930. The van der Waals surface area contributed by atoms with Gasteiger partial charge >= 0.3 is 12.1 Å². The Morgan fingerprint density at radius 1 is 1.15 bits per heavy atom. The first kappa shape index (κ1) is 29.9. The molecule has 3 aromatic heterocycles. The summed E-state index contributed by atoms with van der Waals surface area (Å²) in [7, 11) is 0. The van der Waals surface area contributed by atoms with Crippen LogP contribution in [0.5, 0.6) is 6.01 Å². The number of ether oxygens (including phenoxy) is 2. The zero-order chi connectivity index (χ0) is 32.8. The van der Waals surface area contributed by atoms with Gasteiger partial charge in [-0.2, -0.15) is 15.1 Å². The van der Waals surface area contributed by atoms with Crippen molar-refractivity contribution >= 4 is 33.7 Å². The molecule has 1 aromatic carbocycles. The summed E-state index contributed by atoms with van der Waals surface area (Å²) in [6, 6.07) is 1.36. The Morgan fingerprint density at radius 2 is 2.02 bits per heavy atom. The largest absolute Gasteiger partial charge is 0.461 e. The number of amides is 1. The van der Waals surface area contributed by atoms with E-state index in [2.05, 4.69) is 30.4 Å². The molecule has 0 radical (unpaired) electrons. The number of aromatic nitrogens is 5. The molecule has 0 unspecified atom stereocenters. The quantitative estimate of drug-likeness (QED) is 0.297. The van der Waals surface area contributed by atoms with E-state index >= 15 is 8.78 Å². The molecule has 5 atom stereocenters. The zero-order valence-electron chi connectivity index (χ0n) is 26.7. The average molecular weight is 663 g/mol. The Balaban J connectivity index is 1.22. The summed E-state index contributed by atoms with van der Waals surface area (Å²) in [5, 5.41) is 10.9. The highest BCUT2D eigenvalue weighted by Gasteiger charge is 2.49. The van der Waals surface area contributed by atoms with Gasteiger partial charge in [0, 0.05) is 48.8 Å². The van der Waals surface area contributed by atoms with Crippen LogP contribution in [0.4, 0.5) is 23.8 Å². The number of piperidine rings is 1. The van der Waals surface area contributed by atoms with Crippen molar-refractivity contribution in [3.63, 3.8) is 0 Å². The number of nitrogens with zero attached hydrogens (tertiary/aromatic N) is 6. The van der Waals surface area contributed by atoms with Crippen molar-refractivity contribution in [2.45, 2.75) is 75.0 Å². The fraction of sp³-hybridized carbons (Fsp3) is 0.559. The second kappa shape index (κ2) is 10.9. The molecule has 6 aliphatic rings. The molecule has 10 rings (SSSR count). The molecule has 4 fully saturated rings. The van der Waals surface area contributed by atoms with Gasteiger partial charge in [-0.25, -0.2) is 18.0 Å². The standard InChI is InChI=1S/C34H37F3N8O3/c1-33-5-2-7-44(16-33)30-22-13-38-29(27(37)28(22)40-31(41-30)48-17-34-6-3-8-45(34)15-19(35)12-34)26-21-14-39-43-24(21)11-23(36)25(26)20-10-18(20)4-9-47-32(46)42-33/h11,13-14,18-20H,2-10,12,15-17H2,1H3,(H,39,43)(H,42,46)/t18-,19-,20+,33-,34+/m1/s1. The number of nitrogens with one attached hydrogen (secondary N) is 2. The number of aromatic amines is 1. The van der Waals surface area contributed by atoms with E-state index in [0.717, 1.165) is 25.8 Å². The maximum absolute atomic E-state index is 17.1. The van der Waals surface area contributed by atoms with Crippen LogP contribution >= 0.6 is 0 Å². The van der Waals surface area contributed by atoms with Gasteiger partial charge in [0.25, 0.3) is 0 Å². The Morgan fingerprint density at radius 3 is 2.92 bits per heavy atom. The van der Waals surface area contributed by atoms with Crippen LogP contribution in [0.2, 0.25) is 0 Å². The van der Waals surface area contributed by atoms with Gasteiger partial charge in [0.05, 0.1) is 34.8 Å². The zero-order valence-corrected chi connectivity index (χ0v) is 26.7. The van der Waals surface area contributed by atoms with Crippen molar-refractivity contribution in [1.29, 1.82) is 0 Å². The van der Waals surface area contributed by atoms with Crippen molar-refractivity contribution in [2.75, 3.05) is 44.3 Å². The maximum atomic E-state index is 17.1. The highest BCUT2D eigenvalue weighted by molar-refractivity contribution is 5.99. The number of carbonyl (C=O) groups excluding carboxylic acids is 1. The predicted molar refractivity (Wildman–Crippen MR) is 171 cm³/mol. The lowest BCUT2D eigenvalue weighted by Gasteiger charge is -2.41. The predicted octanol–water partition coefficient (Wildman–Crippen LogP) is 5.39. The van der Waals surface area contributed by atoms with Gasteiger partial charge in [-0.05, 0) is 69.9 Å². The van der Waals surface area contributed by atoms with Crippen LogP contribution in [0, 0.1) is 17.6 Å². The number of benzene rings is 1. The number of fused-ring (bicyclic) bond motifs is 7. The maximum Gasteiger partial charge on any atom is 0.407 e. The van der Waals surface area contributed by atoms with Crippen LogP contribution in [-0.4, -0.2) is 92.8 Å². The summed E-state index contributed by atoms with van der Waals surface area (Å²) in [4.78, 5) is 31.2. The third kappa shape index (κ3) is 4.85.